The van der Waals surface area contributed by atoms with Gasteiger partial charge in [-0.25, -0.2) is 0 Å². The molecule has 45 heavy (non-hydrogen) atoms. The molecule has 256 valence electrons. The molecule has 3 rings (SSSR count). The molecular formula is C37H60O8. The minimum Gasteiger partial charge on any atom is -0.461 e. The Balaban J connectivity index is 1.91. The van der Waals surface area contributed by atoms with Crippen LogP contribution in [0.4, 0.5) is 0 Å². The van der Waals surface area contributed by atoms with E-state index in [1.165, 1.54) is 38.5 Å². The van der Waals surface area contributed by atoms with E-state index in [1.54, 1.807) is 39.8 Å². The zero-order valence-electron chi connectivity index (χ0n) is 29.3. The van der Waals surface area contributed by atoms with Crippen LogP contribution in [-0.2, 0) is 23.9 Å². The molecule has 1 fully saturated rings. The first-order valence-electron chi connectivity index (χ1n) is 17.2. The molecule has 8 nitrogen and oxygen atoms in total. The summed E-state index contributed by atoms with van der Waals surface area (Å²) in [5, 5.41) is 35.5. The number of allylic oxidation sites excluding steroid dienone is 1. The minimum absolute atomic E-state index is 0.142. The van der Waals surface area contributed by atoms with Crippen molar-refractivity contribution in [3.63, 3.8) is 0 Å². The number of unbranched alkanes of at least 4 members (excludes halogenated alkanes) is 8. The molecule has 3 N–H and O–H groups in total. The molecule has 0 aromatic rings. The van der Waals surface area contributed by atoms with Crippen molar-refractivity contribution in [3.8, 4) is 0 Å². The minimum atomic E-state index is -2.30. The van der Waals surface area contributed by atoms with Gasteiger partial charge in [0.15, 0.2) is 5.78 Å². The number of rotatable bonds is 13. The van der Waals surface area contributed by atoms with E-state index in [0.717, 1.165) is 19.3 Å². The van der Waals surface area contributed by atoms with Crippen LogP contribution in [0.1, 0.15) is 133 Å². The lowest BCUT2D eigenvalue weighted by atomic mass is 9.59. The molecule has 1 saturated carbocycles. The van der Waals surface area contributed by atoms with E-state index in [4.69, 9.17) is 9.47 Å². The summed E-state index contributed by atoms with van der Waals surface area (Å²) in [6.07, 6.45) is 10.7. The molecule has 0 saturated heterocycles. The maximum atomic E-state index is 14.8. The highest BCUT2D eigenvalue weighted by Crippen LogP contribution is 2.63. The summed E-state index contributed by atoms with van der Waals surface area (Å²) in [5.41, 5.74) is -6.34. The van der Waals surface area contributed by atoms with Crippen LogP contribution in [0.5, 0.6) is 0 Å². The average molecular weight is 633 g/mol. The number of aliphatic hydroxyl groups excluding tert-OH is 2. The fraction of sp³-hybridized carbons (Fsp3) is 0.811. The van der Waals surface area contributed by atoms with Gasteiger partial charge in [0.05, 0.1) is 10.8 Å². The van der Waals surface area contributed by atoms with Gasteiger partial charge in [0.25, 0.3) is 0 Å². The second-order valence-corrected chi connectivity index (χ2v) is 15.9. The predicted molar refractivity (Wildman–Crippen MR) is 174 cm³/mol. The number of ketones is 1. The second-order valence-electron chi connectivity index (χ2n) is 15.9. The lowest BCUT2D eigenvalue weighted by Crippen LogP contribution is -2.65. The van der Waals surface area contributed by atoms with E-state index >= 15 is 0 Å². The van der Waals surface area contributed by atoms with Crippen molar-refractivity contribution in [1.29, 1.82) is 0 Å². The van der Waals surface area contributed by atoms with Crippen molar-refractivity contribution in [2.24, 2.45) is 28.1 Å². The van der Waals surface area contributed by atoms with Crippen molar-refractivity contribution >= 4 is 17.7 Å². The summed E-state index contributed by atoms with van der Waals surface area (Å²) >= 11 is 0. The zero-order chi connectivity index (χ0) is 34.0. The maximum Gasteiger partial charge on any atom is 0.311 e. The highest BCUT2D eigenvalue weighted by molar-refractivity contribution is 5.95. The van der Waals surface area contributed by atoms with Gasteiger partial charge in [-0.1, -0.05) is 91.2 Å². The Morgan fingerprint density at radius 2 is 1.51 bits per heavy atom. The molecule has 0 radical (unpaired) electrons. The number of esters is 2. The number of carbonyl (C=O) groups is 3. The fourth-order valence-corrected chi connectivity index (χ4v) is 7.89. The number of ether oxygens (including phenoxy) is 2. The lowest BCUT2D eigenvalue weighted by Gasteiger charge is -2.48. The maximum absolute atomic E-state index is 14.8. The van der Waals surface area contributed by atoms with Crippen LogP contribution >= 0.6 is 0 Å². The van der Waals surface area contributed by atoms with Crippen LogP contribution in [-0.4, -0.2) is 63.1 Å². The van der Waals surface area contributed by atoms with Gasteiger partial charge in [-0.05, 0) is 64.5 Å². The first-order chi connectivity index (χ1) is 20.8. The van der Waals surface area contributed by atoms with E-state index in [9.17, 15) is 29.7 Å². The number of Topliss-reactive ketones (excluding diaryl/α,β-unsaturated/α-hetero) is 1. The van der Waals surface area contributed by atoms with E-state index < -0.39 is 57.5 Å². The fourth-order valence-electron chi connectivity index (χ4n) is 7.89. The SMILES string of the molecule is CCCCCCCCCCCC(=O)O[C@]1(C)C[C@@H](C)C23C=C(C)C(O)C2(O)C(O)C(COC(=O)C(C)(C)C)=CC(C3=O)C1(C)C. The molecule has 3 aliphatic carbocycles. The molecule has 0 aromatic carbocycles. The van der Waals surface area contributed by atoms with Gasteiger partial charge in [0.2, 0.25) is 0 Å². The van der Waals surface area contributed by atoms with Crippen molar-refractivity contribution in [1.82, 2.24) is 0 Å². The van der Waals surface area contributed by atoms with Gasteiger partial charge in [0, 0.05) is 17.8 Å². The molecular weight excluding hydrogens is 572 g/mol. The van der Waals surface area contributed by atoms with Crippen molar-refractivity contribution in [2.45, 2.75) is 156 Å². The van der Waals surface area contributed by atoms with Crippen LogP contribution in [0.15, 0.2) is 23.3 Å². The van der Waals surface area contributed by atoms with E-state index in [1.807, 2.05) is 27.7 Å². The highest BCUT2D eigenvalue weighted by atomic mass is 16.6. The highest BCUT2D eigenvalue weighted by Gasteiger charge is 2.73. The smallest absolute Gasteiger partial charge is 0.311 e. The third-order valence-electron chi connectivity index (χ3n) is 11.2. The van der Waals surface area contributed by atoms with Crippen LogP contribution in [0.25, 0.3) is 0 Å². The normalized spacial score (nSPS) is 34.3. The molecule has 7 atom stereocenters. The summed E-state index contributed by atoms with van der Waals surface area (Å²) in [7, 11) is 0. The number of aliphatic hydroxyl groups is 3. The Kier molecular flexibility index (Phi) is 11.6. The van der Waals surface area contributed by atoms with E-state index in [2.05, 4.69) is 6.92 Å². The first-order valence-corrected chi connectivity index (χ1v) is 17.2. The van der Waals surface area contributed by atoms with Crippen LogP contribution in [0.2, 0.25) is 0 Å². The number of carbonyl (C=O) groups excluding carboxylic acids is 3. The summed E-state index contributed by atoms with van der Waals surface area (Å²) < 4.78 is 11.9. The number of hydrogen-bond donors (Lipinski definition) is 3. The molecule has 2 bridgehead atoms. The predicted octanol–water partition coefficient (Wildman–Crippen LogP) is 6.39. The van der Waals surface area contributed by atoms with Gasteiger partial charge < -0.3 is 24.8 Å². The van der Waals surface area contributed by atoms with Gasteiger partial charge in [0.1, 0.15) is 30.0 Å². The zero-order valence-corrected chi connectivity index (χ0v) is 29.3. The van der Waals surface area contributed by atoms with Crippen LogP contribution in [0, 0.1) is 28.1 Å². The Bertz CT molecular complexity index is 1160. The standard InChI is InChI=1S/C37H60O8/c1-10-11-12-13-14-15-16-17-18-19-28(38)45-35(9)22-25(3)36-21-24(2)29(39)37(36,43)30(40)26(23-44-32(42)33(4,5)6)20-27(31(36)41)34(35,7)8/h20-21,25,27,29-30,39-40,43H,10-19,22-23H2,1-9H3/t25-,27?,29?,30?,35-,36?,37?/m1/s1. The molecule has 0 amide bonds. The molecule has 5 unspecified atom stereocenters. The molecule has 8 heteroatoms. The molecule has 0 aliphatic heterocycles. The Labute approximate surface area is 271 Å². The first kappa shape index (κ1) is 37.4. The average Bonchev–Trinajstić information content (AvgIpc) is 3.10. The second kappa shape index (κ2) is 14.0. The topological polar surface area (TPSA) is 130 Å². The summed E-state index contributed by atoms with van der Waals surface area (Å²) in [4.78, 5) is 40.8. The molecule has 0 heterocycles. The summed E-state index contributed by atoms with van der Waals surface area (Å²) in [6.45, 7) is 16.0. The lowest BCUT2D eigenvalue weighted by molar-refractivity contribution is -0.192. The van der Waals surface area contributed by atoms with E-state index in [-0.39, 0.29) is 36.8 Å². The van der Waals surface area contributed by atoms with Crippen LogP contribution in [0.3, 0.4) is 0 Å². The Morgan fingerprint density at radius 1 is 0.956 bits per heavy atom. The van der Waals surface area contributed by atoms with Crippen molar-refractivity contribution in [3.05, 3.63) is 23.3 Å². The molecule has 0 aromatic heterocycles. The third kappa shape index (κ3) is 6.85. The Hall–Kier alpha value is -2.03. The van der Waals surface area contributed by atoms with Gasteiger partial charge in [-0.2, -0.15) is 0 Å². The van der Waals surface area contributed by atoms with Gasteiger partial charge in [-0.3, -0.25) is 14.4 Å². The monoisotopic (exact) mass is 632 g/mol. The largest absolute Gasteiger partial charge is 0.461 e. The molecule has 3 aliphatic rings. The van der Waals surface area contributed by atoms with Gasteiger partial charge in [-0.15, -0.1) is 0 Å². The van der Waals surface area contributed by atoms with Crippen molar-refractivity contribution in [2.75, 3.05) is 6.61 Å². The summed E-state index contributed by atoms with van der Waals surface area (Å²) in [5.74, 6) is -2.71. The van der Waals surface area contributed by atoms with Crippen molar-refractivity contribution < 1.29 is 39.2 Å². The molecule has 1 spiro atoms. The number of fused-ring (bicyclic) bond motifs is 1. The van der Waals surface area contributed by atoms with Gasteiger partial charge >= 0.3 is 11.9 Å². The summed E-state index contributed by atoms with van der Waals surface area (Å²) in [6, 6.07) is 0. The Morgan fingerprint density at radius 3 is 2.07 bits per heavy atom. The van der Waals surface area contributed by atoms with E-state index in [0.29, 0.717) is 5.57 Å². The van der Waals surface area contributed by atoms with Crippen LogP contribution < -0.4 is 0 Å². The third-order valence-corrected chi connectivity index (χ3v) is 11.2. The number of hydrogen-bond acceptors (Lipinski definition) is 8. The quantitative estimate of drug-likeness (QED) is 0.121.